The second-order valence-corrected chi connectivity index (χ2v) is 8.94. The smallest absolute Gasteiger partial charge is 0.420 e. The topological polar surface area (TPSA) is 103 Å². The van der Waals surface area contributed by atoms with E-state index in [4.69, 9.17) is 0 Å². The standard InChI is InChI=1S/C21H19F3N6O4S/c1-27-16-15(17(31)28(2)20(27)33)30(19(26-16)29-7-5-25-6-8-29)13-10-35-14-4-3-11(9-12(13)14)34-18(32)21(22,23)24/h3-4,9-10,25H,5-8H2,1-2H3. The Morgan fingerprint density at radius 2 is 1.86 bits per heavy atom. The van der Waals surface area contributed by atoms with Gasteiger partial charge in [0.2, 0.25) is 5.95 Å². The number of nitrogens with zero attached hydrogens (tertiary/aromatic N) is 5. The van der Waals surface area contributed by atoms with Crippen LogP contribution in [0.15, 0.2) is 33.2 Å². The minimum Gasteiger partial charge on any atom is -0.420 e. The highest BCUT2D eigenvalue weighted by Gasteiger charge is 2.41. The lowest BCUT2D eigenvalue weighted by Gasteiger charge is -2.28. The highest BCUT2D eigenvalue weighted by atomic mass is 32.1. The lowest BCUT2D eigenvalue weighted by Crippen LogP contribution is -2.44. The fourth-order valence-corrected chi connectivity index (χ4v) is 4.99. The molecule has 0 unspecified atom stereocenters. The van der Waals surface area contributed by atoms with Crippen LogP contribution in [0.4, 0.5) is 19.1 Å². The summed E-state index contributed by atoms with van der Waals surface area (Å²) in [5, 5.41) is 5.46. The molecule has 1 aliphatic heterocycles. The zero-order valence-electron chi connectivity index (χ0n) is 18.5. The van der Waals surface area contributed by atoms with Crippen molar-refractivity contribution in [2.75, 3.05) is 31.1 Å². The Balaban J connectivity index is 1.78. The summed E-state index contributed by atoms with van der Waals surface area (Å²) in [5.41, 5.74) is -0.278. The number of piperazine rings is 1. The minimum absolute atomic E-state index is 0.153. The fourth-order valence-electron chi connectivity index (χ4n) is 4.09. The molecule has 1 saturated heterocycles. The van der Waals surface area contributed by atoms with Gasteiger partial charge in [0.1, 0.15) is 5.75 Å². The molecule has 1 N–H and O–H groups in total. The maximum Gasteiger partial charge on any atom is 0.491 e. The van der Waals surface area contributed by atoms with Crippen LogP contribution in [-0.2, 0) is 18.9 Å². The van der Waals surface area contributed by atoms with Crippen LogP contribution in [0.1, 0.15) is 0 Å². The van der Waals surface area contributed by atoms with E-state index in [9.17, 15) is 27.6 Å². The number of nitrogens with one attached hydrogen (secondary N) is 1. The maximum atomic E-state index is 13.2. The van der Waals surface area contributed by atoms with Crippen LogP contribution in [-0.4, -0.2) is 57.0 Å². The van der Waals surface area contributed by atoms with E-state index in [0.29, 0.717) is 47.9 Å². The molecule has 0 spiro atoms. The molecular weight excluding hydrogens is 489 g/mol. The zero-order chi connectivity index (χ0) is 25.1. The van der Waals surface area contributed by atoms with E-state index in [0.717, 1.165) is 4.57 Å². The van der Waals surface area contributed by atoms with E-state index < -0.39 is 23.4 Å². The molecule has 10 nitrogen and oxygen atoms in total. The molecule has 4 heterocycles. The number of imidazole rings is 1. The molecular formula is C21H19F3N6O4S. The van der Waals surface area contributed by atoms with Crippen molar-refractivity contribution in [3.63, 3.8) is 0 Å². The number of ether oxygens (including phenoxy) is 1. The third-order valence-electron chi connectivity index (χ3n) is 5.85. The number of rotatable bonds is 3. The summed E-state index contributed by atoms with van der Waals surface area (Å²) in [7, 11) is 2.88. The molecule has 0 amide bonds. The summed E-state index contributed by atoms with van der Waals surface area (Å²) >= 11 is 1.31. The Bertz CT molecular complexity index is 1590. The first-order chi connectivity index (χ1) is 16.6. The fraction of sp³-hybridized carbons (Fsp3) is 0.333. The van der Waals surface area contributed by atoms with Gasteiger partial charge < -0.3 is 15.0 Å². The number of aromatic nitrogens is 4. The lowest BCUT2D eigenvalue weighted by atomic mass is 10.2. The normalized spacial score (nSPS) is 14.7. The molecule has 184 valence electrons. The van der Waals surface area contributed by atoms with Crippen LogP contribution < -0.4 is 26.2 Å². The van der Waals surface area contributed by atoms with Crippen LogP contribution in [0.3, 0.4) is 0 Å². The quantitative estimate of drug-likeness (QED) is 0.331. The molecule has 14 heteroatoms. The number of carbonyl (C=O) groups is 1. The Morgan fingerprint density at radius 3 is 2.54 bits per heavy atom. The van der Waals surface area contributed by atoms with Crippen molar-refractivity contribution in [3.8, 4) is 11.4 Å². The summed E-state index contributed by atoms with van der Waals surface area (Å²) < 4.78 is 47.3. The van der Waals surface area contributed by atoms with Gasteiger partial charge in [-0.25, -0.2) is 9.59 Å². The molecule has 1 aliphatic rings. The van der Waals surface area contributed by atoms with E-state index in [1.165, 1.54) is 42.1 Å². The average molecular weight is 508 g/mol. The number of alkyl halides is 3. The Hall–Kier alpha value is -3.65. The Labute approximate surface area is 198 Å². The Kier molecular flexibility index (Phi) is 5.44. The molecule has 3 aromatic heterocycles. The van der Waals surface area contributed by atoms with Crippen molar-refractivity contribution in [1.29, 1.82) is 0 Å². The number of fused-ring (bicyclic) bond motifs is 2. The first kappa shape index (κ1) is 23.1. The number of hydrogen-bond acceptors (Lipinski definition) is 8. The number of esters is 1. The second kappa shape index (κ2) is 8.23. The molecule has 1 fully saturated rings. The summed E-state index contributed by atoms with van der Waals surface area (Å²) in [6, 6.07) is 4.14. The number of benzene rings is 1. The largest absolute Gasteiger partial charge is 0.491 e. The highest BCUT2D eigenvalue weighted by Crippen LogP contribution is 2.36. The molecule has 1 aromatic carbocycles. The molecule has 35 heavy (non-hydrogen) atoms. The predicted molar refractivity (Wildman–Crippen MR) is 124 cm³/mol. The van der Waals surface area contributed by atoms with Gasteiger partial charge in [0.05, 0.1) is 5.69 Å². The van der Waals surface area contributed by atoms with Gasteiger partial charge in [-0.1, -0.05) is 0 Å². The maximum absolute atomic E-state index is 13.2. The van der Waals surface area contributed by atoms with Gasteiger partial charge in [-0.05, 0) is 18.2 Å². The van der Waals surface area contributed by atoms with Gasteiger partial charge in [0, 0.05) is 55.7 Å². The monoisotopic (exact) mass is 508 g/mol. The summed E-state index contributed by atoms with van der Waals surface area (Å²) in [5.74, 6) is -2.18. The third kappa shape index (κ3) is 3.78. The lowest BCUT2D eigenvalue weighted by molar-refractivity contribution is -0.189. The van der Waals surface area contributed by atoms with Gasteiger partial charge in [-0.3, -0.25) is 18.5 Å². The second-order valence-electron chi connectivity index (χ2n) is 8.03. The van der Waals surface area contributed by atoms with Gasteiger partial charge >= 0.3 is 17.8 Å². The van der Waals surface area contributed by atoms with Crippen LogP contribution in [0.2, 0.25) is 0 Å². The third-order valence-corrected chi connectivity index (χ3v) is 6.80. The molecule has 0 bridgehead atoms. The molecule has 4 aromatic rings. The van der Waals surface area contributed by atoms with Gasteiger partial charge in [0.25, 0.3) is 5.56 Å². The molecule has 0 aliphatic carbocycles. The number of halogens is 3. The van der Waals surface area contributed by atoms with Crippen molar-refractivity contribution >= 4 is 44.5 Å². The molecule has 0 saturated carbocycles. The SMILES string of the molecule is Cn1c(=O)c2c(nc(N3CCNCC3)n2-c2csc3ccc(OC(=O)C(F)(F)F)cc23)n(C)c1=O. The van der Waals surface area contributed by atoms with Crippen molar-refractivity contribution in [1.82, 2.24) is 24.0 Å². The molecule has 0 atom stereocenters. The van der Waals surface area contributed by atoms with E-state index >= 15 is 0 Å². The number of aryl methyl sites for hydroxylation is 1. The summed E-state index contributed by atoms with van der Waals surface area (Å²) in [6.45, 7) is 2.55. The minimum atomic E-state index is -5.14. The van der Waals surface area contributed by atoms with Crippen LogP contribution >= 0.6 is 11.3 Å². The van der Waals surface area contributed by atoms with E-state index in [-0.39, 0.29) is 16.9 Å². The van der Waals surface area contributed by atoms with Gasteiger partial charge in [-0.2, -0.15) is 18.2 Å². The molecule has 0 radical (unpaired) electrons. The van der Waals surface area contributed by atoms with Crippen molar-refractivity contribution in [2.45, 2.75) is 6.18 Å². The first-order valence-electron chi connectivity index (χ1n) is 10.5. The van der Waals surface area contributed by atoms with E-state index in [1.54, 1.807) is 16.0 Å². The predicted octanol–water partition coefficient (Wildman–Crippen LogP) is 1.51. The summed E-state index contributed by atoms with van der Waals surface area (Å²) in [6.07, 6.45) is -5.14. The first-order valence-corrected chi connectivity index (χ1v) is 11.4. The summed E-state index contributed by atoms with van der Waals surface area (Å²) in [4.78, 5) is 43.8. The van der Waals surface area contributed by atoms with E-state index in [1.807, 2.05) is 4.90 Å². The number of carbonyl (C=O) groups excluding carboxylic acids is 1. The number of thiophene rings is 1. The van der Waals surface area contributed by atoms with Gasteiger partial charge in [0.15, 0.2) is 11.2 Å². The van der Waals surface area contributed by atoms with Crippen molar-refractivity contribution in [2.24, 2.45) is 14.1 Å². The molecule has 5 rings (SSSR count). The van der Waals surface area contributed by atoms with Crippen LogP contribution in [0.5, 0.6) is 5.75 Å². The van der Waals surface area contributed by atoms with Gasteiger partial charge in [-0.15, -0.1) is 11.3 Å². The van der Waals surface area contributed by atoms with E-state index in [2.05, 4.69) is 15.0 Å². The Morgan fingerprint density at radius 1 is 1.14 bits per heavy atom. The average Bonchev–Trinajstić information content (AvgIpc) is 3.42. The van der Waals surface area contributed by atoms with Crippen LogP contribution in [0, 0.1) is 0 Å². The van der Waals surface area contributed by atoms with Crippen molar-refractivity contribution < 1.29 is 22.7 Å². The van der Waals surface area contributed by atoms with Crippen molar-refractivity contribution in [3.05, 3.63) is 44.4 Å². The number of anilines is 1. The van der Waals surface area contributed by atoms with Crippen LogP contribution in [0.25, 0.3) is 26.9 Å². The zero-order valence-corrected chi connectivity index (χ0v) is 19.4. The number of hydrogen-bond donors (Lipinski definition) is 1. The highest BCUT2D eigenvalue weighted by molar-refractivity contribution is 7.17.